The quantitative estimate of drug-likeness (QED) is 0.857. The van der Waals surface area contributed by atoms with E-state index in [1.165, 1.54) is 36.5 Å². The largest absolute Gasteiger partial charge is 0.296 e. The first-order valence-electron chi connectivity index (χ1n) is 6.90. The highest BCUT2D eigenvalue weighted by Crippen LogP contribution is 2.22. The van der Waals surface area contributed by atoms with Crippen molar-refractivity contribution in [1.82, 2.24) is 14.9 Å². The van der Waals surface area contributed by atoms with E-state index in [0.29, 0.717) is 0 Å². The van der Waals surface area contributed by atoms with E-state index in [1.54, 1.807) is 11.3 Å². The lowest BCUT2D eigenvalue weighted by Crippen LogP contribution is -2.35. The highest BCUT2D eigenvalue weighted by Gasteiger charge is 2.20. The van der Waals surface area contributed by atoms with Crippen molar-refractivity contribution in [3.63, 3.8) is 0 Å². The van der Waals surface area contributed by atoms with Crippen LogP contribution in [0.5, 0.6) is 0 Å². The summed E-state index contributed by atoms with van der Waals surface area (Å²) in [6.07, 6.45) is 9.54. The number of piperidine rings is 1. The topological polar surface area (TPSA) is 29.0 Å². The van der Waals surface area contributed by atoms with E-state index in [2.05, 4.69) is 26.3 Å². The van der Waals surface area contributed by atoms with Gasteiger partial charge in [-0.1, -0.05) is 6.07 Å². The second-order valence-electron chi connectivity index (χ2n) is 5.23. The minimum absolute atomic E-state index is 0.762. The molecular formula is C15H19N3S. The highest BCUT2D eigenvalue weighted by molar-refractivity contribution is 7.09. The van der Waals surface area contributed by atoms with Gasteiger partial charge in [-0.2, -0.15) is 0 Å². The number of likely N-dealkylation sites (tertiary alicyclic amines) is 1. The zero-order chi connectivity index (χ0) is 12.9. The minimum atomic E-state index is 0.762. The number of nitrogens with zero attached hydrogens (tertiary/aromatic N) is 3. The van der Waals surface area contributed by atoms with Crippen LogP contribution in [0.2, 0.25) is 0 Å². The maximum absolute atomic E-state index is 4.39. The first-order valence-corrected chi connectivity index (χ1v) is 7.78. The minimum Gasteiger partial charge on any atom is -0.296 e. The molecule has 0 saturated carbocycles. The third kappa shape index (κ3) is 3.61. The van der Waals surface area contributed by atoms with Crippen LogP contribution >= 0.6 is 11.3 Å². The maximum Gasteiger partial charge on any atom is 0.107 e. The Balaban J connectivity index is 1.56. The van der Waals surface area contributed by atoms with Crippen molar-refractivity contribution >= 4 is 11.3 Å². The molecule has 3 heterocycles. The van der Waals surface area contributed by atoms with Crippen LogP contribution in [0.4, 0.5) is 0 Å². The zero-order valence-electron chi connectivity index (χ0n) is 11.0. The van der Waals surface area contributed by atoms with Gasteiger partial charge in [-0.3, -0.25) is 9.88 Å². The molecule has 19 heavy (non-hydrogen) atoms. The van der Waals surface area contributed by atoms with Crippen molar-refractivity contribution in [2.24, 2.45) is 5.92 Å². The second kappa shape index (κ2) is 6.26. The number of aromatic nitrogens is 2. The Hall–Kier alpha value is -1.26. The molecule has 0 aromatic carbocycles. The molecule has 0 N–H and O–H groups in total. The Morgan fingerprint density at radius 3 is 3.16 bits per heavy atom. The molecule has 0 unspecified atom stereocenters. The van der Waals surface area contributed by atoms with E-state index in [9.17, 15) is 0 Å². The van der Waals surface area contributed by atoms with Gasteiger partial charge in [0, 0.05) is 30.5 Å². The molecule has 2 aromatic heterocycles. The molecule has 2 aromatic rings. The summed E-state index contributed by atoms with van der Waals surface area (Å²) in [5.41, 5.74) is 1.36. The SMILES string of the molecule is c1cncc(C[C@@H]2CCCN(Cc3nccs3)C2)c1. The molecule has 1 fully saturated rings. The van der Waals surface area contributed by atoms with Crippen molar-refractivity contribution in [2.75, 3.05) is 13.1 Å². The van der Waals surface area contributed by atoms with E-state index >= 15 is 0 Å². The molecule has 1 aliphatic rings. The van der Waals surface area contributed by atoms with Gasteiger partial charge in [-0.15, -0.1) is 11.3 Å². The van der Waals surface area contributed by atoms with Crippen molar-refractivity contribution in [1.29, 1.82) is 0 Å². The monoisotopic (exact) mass is 273 g/mol. The molecule has 4 heteroatoms. The van der Waals surface area contributed by atoms with Crippen LogP contribution < -0.4 is 0 Å². The molecule has 0 spiro atoms. The van der Waals surface area contributed by atoms with Gasteiger partial charge in [0.2, 0.25) is 0 Å². The summed E-state index contributed by atoms with van der Waals surface area (Å²) in [5.74, 6) is 0.762. The Kier molecular flexibility index (Phi) is 4.20. The van der Waals surface area contributed by atoms with E-state index < -0.39 is 0 Å². The van der Waals surface area contributed by atoms with E-state index in [1.807, 2.05) is 24.7 Å². The molecule has 1 atom stereocenters. The van der Waals surface area contributed by atoms with E-state index in [0.717, 1.165) is 18.9 Å². The number of pyridine rings is 1. The molecule has 0 radical (unpaired) electrons. The summed E-state index contributed by atoms with van der Waals surface area (Å²) in [6, 6.07) is 4.22. The molecule has 0 amide bonds. The van der Waals surface area contributed by atoms with Crippen LogP contribution in [-0.2, 0) is 13.0 Å². The van der Waals surface area contributed by atoms with Crippen LogP contribution in [0, 0.1) is 5.92 Å². The first kappa shape index (κ1) is 12.8. The smallest absolute Gasteiger partial charge is 0.107 e. The average molecular weight is 273 g/mol. The molecule has 3 rings (SSSR count). The van der Waals surface area contributed by atoms with Gasteiger partial charge in [-0.05, 0) is 43.4 Å². The molecule has 3 nitrogen and oxygen atoms in total. The lowest BCUT2D eigenvalue weighted by atomic mass is 9.92. The molecule has 1 saturated heterocycles. The summed E-state index contributed by atoms with van der Waals surface area (Å²) in [6.45, 7) is 3.42. The van der Waals surface area contributed by atoms with Gasteiger partial charge in [0.25, 0.3) is 0 Å². The molecule has 0 bridgehead atoms. The Morgan fingerprint density at radius 1 is 1.37 bits per heavy atom. The summed E-state index contributed by atoms with van der Waals surface area (Å²) in [7, 11) is 0. The van der Waals surface area contributed by atoms with Crippen molar-refractivity contribution in [2.45, 2.75) is 25.8 Å². The van der Waals surface area contributed by atoms with E-state index in [-0.39, 0.29) is 0 Å². The Bertz CT molecular complexity index is 483. The van der Waals surface area contributed by atoms with Crippen LogP contribution in [0.1, 0.15) is 23.4 Å². The third-order valence-electron chi connectivity index (χ3n) is 3.69. The maximum atomic E-state index is 4.39. The van der Waals surface area contributed by atoms with Crippen molar-refractivity contribution in [3.8, 4) is 0 Å². The zero-order valence-corrected chi connectivity index (χ0v) is 11.9. The summed E-state index contributed by atoms with van der Waals surface area (Å²) < 4.78 is 0. The molecule has 1 aliphatic heterocycles. The Labute approximate surface area is 118 Å². The molecule has 100 valence electrons. The highest BCUT2D eigenvalue weighted by atomic mass is 32.1. The lowest BCUT2D eigenvalue weighted by molar-refractivity contribution is 0.167. The van der Waals surface area contributed by atoms with Gasteiger partial charge in [-0.25, -0.2) is 4.98 Å². The van der Waals surface area contributed by atoms with Gasteiger partial charge in [0.1, 0.15) is 5.01 Å². The van der Waals surface area contributed by atoms with E-state index in [4.69, 9.17) is 0 Å². The second-order valence-corrected chi connectivity index (χ2v) is 6.21. The van der Waals surface area contributed by atoms with Crippen LogP contribution in [0.25, 0.3) is 0 Å². The van der Waals surface area contributed by atoms with Crippen LogP contribution in [0.3, 0.4) is 0 Å². The van der Waals surface area contributed by atoms with Crippen molar-refractivity contribution in [3.05, 3.63) is 46.7 Å². The standard InChI is InChI=1S/C15H19N3S/c1-3-13(10-16-5-1)9-14-4-2-7-18(11-14)12-15-17-6-8-19-15/h1,3,5-6,8,10,14H,2,4,7,9,11-12H2/t14-/m0/s1. The number of rotatable bonds is 4. The predicted octanol–water partition coefficient (Wildman–Crippen LogP) is 2.99. The van der Waals surface area contributed by atoms with Crippen molar-refractivity contribution < 1.29 is 0 Å². The van der Waals surface area contributed by atoms with Crippen LogP contribution in [0.15, 0.2) is 36.1 Å². The third-order valence-corrected chi connectivity index (χ3v) is 4.46. The van der Waals surface area contributed by atoms with Crippen LogP contribution in [-0.4, -0.2) is 28.0 Å². The number of hydrogen-bond donors (Lipinski definition) is 0. The fourth-order valence-corrected chi connectivity index (χ4v) is 3.49. The summed E-state index contributed by atoms with van der Waals surface area (Å²) >= 11 is 1.76. The molecule has 0 aliphatic carbocycles. The van der Waals surface area contributed by atoms with Gasteiger partial charge >= 0.3 is 0 Å². The number of thiazole rings is 1. The molecular weight excluding hydrogens is 254 g/mol. The number of hydrogen-bond acceptors (Lipinski definition) is 4. The van der Waals surface area contributed by atoms with Gasteiger partial charge in [0.15, 0.2) is 0 Å². The fourth-order valence-electron chi connectivity index (χ4n) is 2.84. The normalized spacial score (nSPS) is 20.5. The predicted molar refractivity (Wildman–Crippen MR) is 78.1 cm³/mol. The summed E-state index contributed by atoms with van der Waals surface area (Å²) in [4.78, 5) is 11.1. The fraction of sp³-hybridized carbons (Fsp3) is 0.467. The first-order chi connectivity index (χ1) is 9.40. The lowest BCUT2D eigenvalue weighted by Gasteiger charge is -2.32. The summed E-state index contributed by atoms with van der Waals surface area (Å²) in [5, 5.41) is 3.30. The average Bonchev–Trinajstić information content (AvgIpc) is 2.93. The van der Waals surface area contributed by atoms with Gasteiger partial charge in [0.05, 0.1) is 6.54 Å². The van der Waals surface area contributed by atoms with Gasteiger partial charge < -0.3 is 0 Å². The Morgan fingerprint density at radius 2 is 2.37 bits per heavy atom.